The summed E-state index contributed by atoms with van der Waals surface area (Å²) in [7, 11) is 4.99. The molecule has 3 aromatic carbocycles. The van der Waals surface area contributed by atoms with E-state index in [2.05, 4.69) is 4.98 Å². The monoisotopic (exact) mass is 535 g/mol. The second kappa shape index (κ2) is 11.2. The summed E-state index contributed by atoms with van der Waals surface area (Å²) in [4.78, 5) is 38.1. The van der Waals surface area contributed by atoms with Crippen molar-refractivity contribution in [2.45, 2.75) is 0 Å². The molecule has 1 aliphatic heterocycles. The Kier molecular flexibility index (Phi) is 7.37. The largest absolute Gasteiger partial charge is 0.494 e. The van der Waals surface area contributed by atoms with Gasteiger partial charge in [0.25, 0.3) is 0 Å². The zero-order valence-electron chi connectivity index (χ0n) is 22.4. The number of ether oxygens (including phenoxy) is 1. The molecule has 202 valence electrons. The number of carbonyl (C=O) groups excluding carboxylic acids is 2. The number of fused-ring (bicyclic) bond motifs is 1. The molecule has 0 unspecified atom stereocenters. The van der Waals surface area contributed by atoms with Crippen LogP contribution in [0.15, 0.2) is 103 Å². The smallest absolute Gasteiger partial charge is 0.337 e. The number of amides is 1. The number of nitrogens with one attached hydrogen (secondary N) is 1. The number of esters is 1. The van der Waals surface area contributed by atoms with Crippen LogP contribution < -0.4 is 4.90 Å². The minimum Gasteiger partial charge on any atom is -0.494 e. The van der Waals surface area contributed by atoms with Gasteiger partial charge in [0, 0.05) is 61.0 Å². The maximum absolute atomic E-state index is 12.9. The number of benzene rings is 3. The lowest BCUT2D eigenvalue weighted by Crippen LogP contribution is -2.35. The number of aromatic hydroxyl groups is 1. The van der Waals surface area contributed by atoms with Crippen molar-refractivity contribution in [2.75, 3.05) is 32.6 Å². The van der Waals surface area contributed by atoms with Gasteiger partial charge < -0.3 is 29.5 Å². The standard InChI is InChI=1S/C31H29N5O4/c1-34-15-17-36(18-16-34)20-27(37)35(2)24-12-10-23(11-13-24)32-29(21-7-5-4-6-8-21)28-25-14-9-22(31(39)40-3)19-26(25)33-30(28)38/h4-19,33,38H,20H2,1-3H3. The molecule has 0 saturated carbocycles. The fraction of sp³-hybridized carbons (Fsp3) is 0.129. The van der Waals surface area contributed by atoms with E-state index in [9.17, 15) is 14.7 Å². The first kappa shape index (κ1) is 26.3. The molecular formula is C31H29N5O4. The number of rotatable bonds is 7. The second-order valence-corrected chi connectivity index (χ2v) is 9.33. The average molecular weight is 536 g/mol. The van der Waals surface area contributed by atoms with E-state index in [1.54, 1.807) is 30.1 Å². The molecule has 9 heteroatoms. The molecule has 0 radical (unpaired) electrons. The number of carbonyl (C=O) groups is 2. The predicted molar refractivity (Wildman–Crippen MR) is 156 cm³/mol. The molecule has 5 rings (SSSR count). The van der Waals surface area contributed by atoms with E-state index >= 15 is 0 Å². The first-order valence-corrected chi connectivity index (χ1v) is 12.6. The van der Waals surface area contributed by atoms with E-state index in [1.165, 1.54) is 7.11 Å². The van der Waals surface area contributed by atoms with Gasteiger partial charge in [-0.25, -0.2) is 9.79 Å². The number of nitrogens with zero attached hydrogens (tertiary/aromatic N) is 4. The van der Waals surface area contributed by atoms with Crippen molar-refractivity contribution in [3.8, 4) is 5.88 Å². The van der Waals surface area contributed by atoms with Gasteiger partial charge in [0.05, 0.1) is 29.6 Å². The van der Waals surface area contributed by atoms with Gasteiger partial charge in [-0.1, -0.05) is 36.4 Å². The van der Waals surface area contributed by atoms with E-state index < -0.39 is 5.97 Å². The quantitative estimate of drug-likeness (QED) is 0.256. The predicted octanol–water partition coefficient (Wildman–Crippen LogP) is 4.98. The summed E-state index contributed by atoms with van der Waals surface area (Å²) in [5, 5.41) is 11.7. The van der Waals surface area contributed by atoms with Gasteiger partial charge in [-0.3, -0.25) is 4.79 Å². The Bertz CT molecular complexity index is 1620. The minimum atomic E-state index is -0.463. The Labute approximate surface area is 231 Å². The van der Waals surface area contributed by atoms with Crippen molar-refractivity contribution in [1.82, 2.24) is 14.8 Å². The number of H-pyrrole nitrogens is 1. The molecule has 1 aliphatic rings. The van der Waals surface area contributed by atoms with Crippen LogP contribution in [0.5, 0.6) is 5.88 Å². The number of hydrogen-bond acceptors (Lipinski definition) is 7. The van der Waals surface area contributed by atoms with E-state index in [0.717, 1.165) is 11.3 Å². The summed E-state index contributed by atoms with van der Waals surface area (Å²) >= 11 is 0. The van der Waals surface area contributed by atoms with Gasteiger partial charge in [-0.15, -0.1) is 0 Å². The summed E-state index contributed by atoms with van der Waals surface area (Å²) in [6.07, 6.45) is 7.47. The number of anilines is 1. The molecule has 0 aliphatic carbocycles. The Morgan fingerprint density at radius 2 is 1.65 bits per heavy atom. The number of aromatic nitrogens is 1. The summed E-state index contributed by atoms with van der Waals surface area (Å²) in [5.41, 5.74) is 4.21. The molecule has 2 heterocycles. The van der Waals surface area contributed by atoms with Gasteiger partial charge in [0.1, 0.15) is 6.54 Å². The van der Waals surface area contributed by atoms with Crippen molar-refractivity contribution < 1.29 is 19.4 Å². The lowest BCUT2D eigenvalue weighted by molar-refractivity contribution is -0.118. The fourth-order valence-corrected chi connectivity index (χ4v) is 4.40. The Morgan fingerprint density at radius 3 is 2.33 bits per heavy atom. The number of aliphatic imine (C=N–C) groups is 1. The van der Waals surface area contributed by atoms with Crippen LogP contribution in [-0.4, -0.2) is 65.2 Å². The van der Waals surface area contributed by atoms with Gasteiger partial charge in [0.2, 0.25) is 5.91 Å². The fourth-order valence-electron chi connectivity index (χ4n) is 4.40. The molecule has 4 aromatic rings. The van der Waals surface area contributed by atoms with Crippen molar-refractivity contribution in [3.05, 3.63) is 114 Å². The third-order valence-electron chi connectivity index (χ3n) is 6.64. The van der Waals surface area contributed by atoms with Crippen molar-refractivity contribution in [2.24, 2.45) is 4.99 Å². The summed E-state index contributed by atoms with van der Waals surface area (Å²) in [6, 6.07) is 22.0. The minimum absolute atomic E-state index is 0.0601. The number of likely N-dealkylation sites (N-methyl/N-ethyl adjacent to an activating group) is 1. The Hall–Kier alpha value is -5.31. The third-order valence-corrected chi connectivity index (χ3v) is 6.64. The zero-order chi connectivity index (χ0) is 28.2. The molecular weight excluding hydrogens is 506 g/mol. The molecule has 0 spiro atoms. The molecule has 0 saturated heterocycles. The van der Waals surface area contributed by atoms with E-state index in [-0.39, 0.29) is 18.3 Å². The molecule has 1 amide bonds. The summed E-state index contributed by atoms with van der Waals surface area (Å²) < 4.78 is 4.83. The first-order valence-electron chi connectivity index (χ1n) is 12.6. The van der Waals surface area contributed by atoms with Crippen molar-refractivity contribution in [3.63, 3.8) is 0 Å². The van der Waals surface area contributed by atoms with Crippen LogP contribution in [0.4, 0.5) is 11.4 Å². The van der Waals surface area contributed by atoms with E-state index in [0.29, 0.717) is 33.4 Å². The normalized spacial score (nSPS) is 13.1. The SMILES string of the molecule is COC(=O)c1ccc2c(C(=Nc3ccc(N(C)C(=O)CN4C=CN(C)C=C4)cc3)c3ccccc3)c(O)[nH]c2c1. The van der Waals surface area contributed by atoms with Crippen LogP contribution in [0.3, 0.4) is 0 Å². The molecule has 0 fully saturated rings. The maximum Gasteiger partial charge on any atom is 0.337 e. The van der Waals surface area contributed by atoms with E-state index in [1.807, 2.05) is 96.2 Å². The van der Waals surface area contributed by atoms with Crippen LogP contribution in [-0.2, 0) is 9.53 Å². The van der Waals surface area contributed by atoms with Crippen LogP contribution in [0.2, 0.25) is 0 Å². The summed E-state index contributed by atoms with van der Waals surface area (Å²) in [6.45, 7) is 0.215. The number of hydrogen-bond donors (Lipinski definition) is 2. The maximum atomic E-state index is 12.9. The average Bonchev–Trinajstić information content (AvgIpc) is 3.31. The van der Waals surface area contributed by atoms with Crippen LogP contribution in [0.25, 0.3) is 10.9 Å². The molecule has 9 nitrogen and oxygen atoms in total. The van der Waals surface area contributed by atoms with Crippen LogP contribution >= 0.6 is 0 Å². The zero-order valence-corrected chi connectivity index (χ0v) is 22.4. The lowest BCUT2D eigenvalue weighted by atomic mass is 10.00. The highest BCUT2D eigenvalue weighted by Gasteiger charge is 2.20. The Morgan fingerprint density at radius 1 is 0.950 bits per heavy atom. The van der Waals surface area contributed by atoms with Gasteiger partial charge in [0.15, 0.2) is 5.88 Å². The van der Waals surface area contributed by atoms with Crippen LogP contribution in [0.1, 0.15) is 21.5 Å². The molecule has 0 atom stereocenters. The first-order chi connectivity index (χ1) is 19.3. The van der Waals surface area contributed by atoms with Gasteiger partial charge >= 0.3 is 5.97 Å². The van der Waals surface area contributed by atoms with Gasteiger partial charge in [-0.2, -0.15) is 0 Å². The highest BCUT2D eigenvalue weighted by molar-refractivity contribution is 6.22. The highest BCUT2D eigenvalue weighted by atomic mass is 16.5. The third kappa shape index (κ3) is 5.44. The summed E-state index contributed by atoms with van der Waals surface area (Å²) in [5.74, 6) is -0.585. The lowest BCUT2D eigenvalue weighted by Gasteiger charge is -2.24. The van der Waals surface area contributed by atoms with Gasteiger partial charge in [-0.05, 0) is 36.4 Å². The van der Waals surface area contributed by atoms with E-state index in [4.69, 9.17) is 9.73 Å². The molecule has 40 heavy (non-hydrogen) atoms. The number of methoxy groups -OCH3 is 1. The molecule has 2 N–H and O–H groups in total. The molecule has 0 bridgehead atoms. The van der Waals surface area contributed by atoms with Crippen molar-refractivity contribution >= 4 is 39.9 Å². The second-order valence-electron chi connectivity index (χ2n) is 9.33. The Balaban J connectivity index is 1.46. The van der Waals surface area contributed by atoms with Crippen LogP contribution in [0, 0.1) is 0 Å². The van der Waals surface area contributed by atoms with Crippen molar-refractivity contribution in [1.29, 1.82) is 0 Å². The highest BCUT2D eigenvalue weighted by Crippen LogP contribution is 2.32. The molecule has 1 aromatic heterocycles. The topological polar surface area (TPSA) is 101 Å². The number of aromatic amines is 1.